The summed E-state index contributed by atoms with van der Waals surface area (Å²) in [6.45, 7) is 4.16. The molecule has 0 bridgehead atoms. The zero-order valence-electron chi connectivity index (χ0n) is 6.33. The molecule has 0 atom stereocenters. The number of carbonyl (C=O) groups excluding carboxylic acids is 1. The molecular formula is C6H13NO3. The third-order valence-electron chi connectivity index (χ3n) is 0.940. The van der Waals surface area contributed by atoms with Gasteiger partial charge in [0.05, 0.1) is 6.61 Å². The molecule has 0 unspecified atom stereocenters. The van der Waals surface area contributed by atoms with Crippen LogP contribution in [0.3, 0.4) is 0 Å². The Morgan fingerprint density at radius 2 is 2.20 bits per heavy atom. The summed E-state index contributed by atoms with van der Waals surface area (Å²) in [5, 5.41) is 9.25. The van der Waals surface area contributed by atoms with Gasteiger partial charge in [0.25, 0.3) is 0 Å². The quantitative estimate of drug-likeness (QED) is 0.482. The van der Waals surface area contributed by atoms with Crippen LogP contribution < -0.4 is 0 Å². The molecule has 0 fully saturated rings. The lowest BCUT2D eigenvalue weighted by atomic mass is 10.5. The molecule has 4 heteroatoms. The van der Waals surface area contributed by atoms with Crippen LogP contribution in [0.1, 0.15) is 20.3 Å². The molecule has 0 radical (unpaired) electrons. The van der Waals surface area contributed by atoms with Gasteiger partial charge in [-0.1, -0.05) is 6.92 Å². The molecule has 0 rings (SSSR count). The summed E-state index contributed by atoms with van der Waals surface area (Å²) in [5.41, 5.74) is 0. The number of nitrogens with zero attached hydrogens (tertiary/aromatic N) is 1. The van der Waals surface area contributed by atoms with Crippen LogP contribution in [0.15, 0.2) is 0 Å². The number of amides is 1. The molecular weight excluding hydrogens is 134 g/mol. The Balaban J connectivity index is 3.42. The van der Waals surface area contributed by atoms with Gasteiger partial charge in [-0.2, -0.15) is 5.06 Å². The molecule has 10 heavy (non-hydrogen) atoms. The largest absolute Gasteiger partial charge is 0.448 e. The minimum Gasteiger partial charge on any atom is -0.448 e. The van der Waals surface area contributed by atoms with E-state index < -0.39 is 6.09 Å². The summed E-state index contributed by atoms with van der Waals surface area (Å²) in [4.78, 5) is 10.6. The Hall–Kier alpha value is -0.770. The van der Waals surface area contributed by atoms with Gasteiger partial charge in [-0.05, 0) is 13.3 Å². The molecule has 1 N–H and O–H groups in total. The SMILES string of the molecule is CCCOC(=O)N(O)CC. The second kappa shape index (κ2) is 5.05. The summed E-state index contributed by atoms with van der Waals surface area (Å²) in [7, 11) is 0. The van der Waals surface area contributed by atoms with Crippen molar-refractivity contribution >= 4 is 6.09 Å². The Kier molecular flexibility index (Phi) is 4.66. The predicted molar refractivity (Wildman–Crippen MR) is 35.8 cm³/mol. The monoisotopic (exact) mass is 147 g/mol. The highest BCUT2D eigenvalue weighted by molar-refractivity contribution is 5.65. The topological polar surface area (TPSA) is 49.8 Å². The summed E-state index contributed by atoms with van der Waals surface area (Å²) in [6, 6.07) is 0. The highest BCUT2D eigenvalue weighted by atomic mass is 16.6. The standard InChI is InChI=1S/C6H13NO3/c1-3-5-10-6(8)7(9)4-2/h9H,3-5H2,1-2H3. The molecule has 0 aromatic rings. The van der Waals surface area contributed by atoms with E-state index in [0.717, 1.165) is 6.42 Å². The molecule has 0 aliphatic heterocycles. The Labute approximate surface area is 60.3 Å². The zero-order chi connectivity index (χ0) is 7.98. The van der Waals surface area contributed by atoms with Crippen LogP contribution in [0.25, 0.3) is 0 Å². The van der Waals surface area contributed by atoms with Crippen LogP contribution in [0.4, 0.5) is 4.79 Å². The van der Waals surface area contributed by atoms with Crippen molar-refractivity contribution in [2.24, 2.45) is 0 Å². The number of hydrogen-bond acceptors (Lipinski definition) is 3. The van der Waals surface area contributed by atoms with Gasteiger partial charge in [0.15, 0.2) is 0 Å². The number of hydrogen-bond donors (Lipinski definition) is 1. The number of hydroxylamine groups is 2. The van der Waals surface area contributed by atoms with E-state index in [2.05, 4.69) is 4.74 Å². The molecule has 0 heterocycles. The minimum atomic E-state index is -0.677. The van der Waals surface area contributed by atoms with Gasteiger partial charge in [0, 0.05) is 6.54 Å². The molecule has 0 aromatic carbocycles. The second-order valence-corrected chi connectivity index (χ2v) is 1.83. The maximum Gasteiger partial charge on any atom is 0.433 e. The maximum absolute atomic E-state index is 10.6. The summed E-state index contributed by atoms with van der Waals surface area (Å²) >= 11 is 0. The van der Waals surface area contributed by atoms with Crippen molar-refractivity contribution in [1.29, 1.82) is 0 Å². The van der Waals surface area contributed by atoms with Crippen molar-refractivity contribution in [3.8, 4) is 0 Å². The van der Waals surface area contributed by atoms with E-state index in [0.29, 0.717) is 11.7 Å². The lowest BCUT2D eigenvalue weighted by Gasteiger charge is -2.11. The van der Waals surface area contributed by atoms with Crippen molar-refractivity contribution in [2.75, 3.05) is 13.2 Å². The molecule has 1 amide bonds. The molecule has 0 saturated heterocycles. The normalized spacial score (nSPS) is 9.10. The van der Waals surface area contributed by atoms with Crippen molar-refractivity contribution < 1.29 is 14.7 Å². The van der Waals surface area contributed by atoms with Crippen molar-refractivity contribution in [3.63, 3.8) is 0 Å². The van der Waals surface area contributed by atoms with Crippen LogP contribution in [0.2, 0.25) is 0 Å². The molecule has 0 aromatic heterocycles. The lowest BCUT2D eigenvalue weighted by molar-refractivity contribution is -0.0700. The number of ether oxygens (including phenoxy) is 1. The van der Waals surface area contributed by atoms with Gasteiger partial charge in [-0.15, -0.1) is 0 Å². The summed E-state index contributed by atoms with van der Waals surface area (Å²) < 4.78 is 4.58. The Morgan fingerprint density at radius 1 is 1.60 bits per heavy atom. The first kappa shape index (κ1) is 9.23. The number of carbonyl (C=O) groups is 1. The third-order valence-corrected chi connectivity index (χ3v) is 0.940. The van der Waals surface area contributed by atoms with Gasteiger partial charge in [-0.3, -0.25) is 5.21 Å². The Morgan fingerprint density at radius 3 is 2.60 bits per heavy atom. The summed E-state index contributed by atoms with van der Waals surface area (Å²) in [5.74, 6) is 0. The van der Waals surface area contributed by atoms with Gasteiger partial charge >= 0.3 is 6.09 Å². The average molecular weight is 147 g/mol. The van der Waals surface area contributed by atoms with Crippen molar-refractivity contribution in [3.05, 3.63) is 0 Å². The molecule has 60 valence electrons. The van der Waals surface area contributed by atoms with E-state index >= 15 is 0 Å². The highest BCUT2D eigenvalue weighted by Crippen LogP contribution is 1.89. The maximum atomic E-state index is 10.6. The predicted octanol–water partition coefficient (Wildman–Crippen LogP) is 1.24. The van der Waals surface area contributed by atoms with Crippen LogP contribution in [0.5, 0.6) is 0 Å². The Bertz CT molecular complexity index is 105. The lowest BCUT2D eigenvalue weighted by Crippen LogP contribution is -2.27. The molecule has 4 nitrogen and oxygen atoms in total. The fraction of sp³-hybridized carbons (Fsp3) is 0.833. The van der Waals surface area contributed by atoms with Gasteiger partial charge in [0.2, 0.25) is 0 Å². The van der Waals surface area contributed by atoms with Gasteiger partial charge < -0.3 is 4.74 Å². The van der Waals surface area contributed by atoms with E-state index in [1.807, 2.05) is 6.92 Å². The van der Waals surface area contributed by atoms with Crippen molar-refractivity contribution in [1.82, 2.24) is 5.06 Å². The summed E-state index contributed by atoms with van der Waals surface area (Å²) in [6.07, 6.45) is 0.0906. The van der Waals surface area contributed by atoms with E-state index in [4.69, 9.17) is 5.21 Å². The molecule has 0 spiro atoms. The second-order valence-electron chi connectivity index (χ2n) is 1.83. The van der Waals surface area contributed by atoms with E-state index in [1.54, 1.807) is 6.92 Å². The minimum absolute atomic E-state index is 0.253. The third kappa shape index (κ3) is 3.29. The highest BCUT2D eigenvalue weighted by Gasteiger charge is 2.07. The fourth-order valence-electron chi connectivity index (χ4n) is 0.393. The van der Waals surface area contributed by atoms with E-state index in [1.165, 1.54) is 0 Å². The number of rotatable bonds is 3. The van der Waals surface area contributed by atoms with Gasteiger partial charge in [-0.25, -0.2) is 4.79 Å². The first-order chi connectivity index (χ1) is 4.72. The van der Waals surface area contributed by atoms with Crippen LogP contribution >= 0.6 is 0 Å². The van der Waals surface area contributed by atoms with Crippen LogP contribution in [0, 0.1) is 0 Å². The van der Waals surface area contributed by atoms with Crippen LogP contribution in [-0.4, -0.2) is 29.5 Å². The molecule has 0 aliphatic carbocycles. The smallest absolute Gasteiger partial charge is 0.433 e. The molecule has 0 aliphatic rings. The van der Waals surface area contributed by atoms with Crippen molar-refractivity contribution in [2.45, 2.75) is 20.3 Å². The average Bonchev–Trinajstić information content (AvgIpc) is 1.98. The van der Waals surface area contributed by atoms with Gasteiger partial charge in [0.1, 0.15) is 0 Å². The van der Waals surface area contributed by atoms with E-state index in [-0.39, 0.29) is 6.54 Å². The first-order valence-corrected chi connectivity index (χ1v) is 3.35. The molecule has 0 saturated carbocycles. The van der Waals surface area contributed by atoms with E-state index in [9.17, 15) is 4.79 Å². The fourth-order valence-corrected chi connectivity index (χ4v) is 0.393. The van der Waals surface area contributed by atoms with Crippen LogP contribution in [-0.2, 0) is 4.74 Å². The first-order valence-electron chi connectivity index (χ1n) is 3.35. The zero-order valence-corrected chi connectivity index (χ0v) is 6.33.